The molecule has 0 saturated carbocycles. The Hall–Kier alpha value is -2.47. The standard InChI is InChI=1S/C21H21ClN4O4S3/c1-28-15-8-17(29-2)16(18(9-15)30-3)10-23-24-19(27)12-32-21-26-25-20(33-21)31-11-13-4-6-14(22)7-5-13/h4-10H,11-12H2,1-3H3,(H,24,27). The highest BCUT2D eigenvalue weighted by Gasteiger charge is 2.12. The summed E-state index contributed by atoms with van der Waals surface area (Å²) in [4.78, 5) is 12.2. The van der Waals surface area contributed by atoms with Crippen molar-refractivity contribution >= 4 is 58.6 Å². The topological polar surface area (TPSA) is 94.9 Å². The van der Waals surface area contributed by atoms with Crippen LogP contribution in [0.1, 0.15) is 11.1 Å². The number of halogens is 1. The van der Waals surface area contributed by atoms with Gasteiger partial charge in [0.2, 0.25) is 0 Å². The van der Waals surface area contributed by atoms with Gasteiger partial charge < -0.3 is 14.2 Å². The number of hydrogen-bond donors (Lipinski definition) is 1. The summed E-state index contributed by atoms with van der Waals surface area (Å²) in [5.74, 6) is 2.26. The van der Waals surface area contributed by atoms with Gasteiger partial charge in [0, 0.05) is 22.9 Å². The van der Waals surface area contributed by atoms with Crippen LogP contribution in [0.25, 0.3) is 0 Å². The fourth-order valence-electron chi connectivity index (χ4n) is 2.53. The number of ether oxygens (including phenoxy) is 3. The lowest BCUT2D eigenvalue weighted by Gasteiger charge is -2.12. The van der Waals surface area contributed by atoms with Gasteiger partial charge in [0.15, 0.2) is 8.68 Å². The summed E-state index contributed by atoms with van der Waals surface area (Å²) in [6.45, 7) is 0. The summed E-state index contributed by atoms with van der Waals surface area (Å²) in [5.41, 5.74) is 4.23. The van der Waals surface area contributed by atoms with Crippen molar-refractivity contribution in [2.24, 2.45) is 5.10 Å². The largest absolute Gasteiger partial charge is 0.496 e. The molecule has 174 valence electrons. The molecule has 0 aliphatic heterocycles. The molecule has 0 unspecified atom stereocenters. The lowest BCUT2D eigenvalue weighted by molar-refractivity contribution is -0.118. The van der Waals surface area contributed by atoms with Gasteiger partial charge in [-0.2, -0.15) is 5.10 Å². The summed E-state index contributed by atoms with van der Waals surface area (Å²) in [5, 5.41) is 13.0. The number of methoxy groups -OCH3 is 3. The maximum atomic E-state index is 12.2. The van der Waals surface area contributed by atoms with Gasteiger partial charge >= 0.3 is 0 Å². The maximum Gasteiger partial charge on any atom is 0.250 e. The number of amides is 1. The van der Waals surface area contributed by atoms with Gasteiger partial charge in [0.05, 0.1) is 38.9 Å². The normalized spacial score (nSPS) is 10.9. The van der Waals surface area contributed by atoms with Crippen LogP contribution >= 0.6 is 46.5 Å². The van der Waals surface area contributed by atoms with Crippen LogP contribution < -0.4 is 19.6 Å². The molecule has 2 aromatic carbocycles. The predicted molar refractivity (Wildman–Crippen MR) is 133 cm³/mol. The Kier molecular flexibility index (Phi) is 9.67. The molecule has 1 aromatic heterocycles. The Morgan fingerprint density at radius 3 is 2.30 bits per heavy atom. The number of hydrogen-bond acceptors (Lipinski definition) is 10. The van der Waals surface area contributed by atoms with E-state index in [1.54, 1.807) is 31.0 Å². The zero-order valence-electron chi connectivity index (χ0n) is 18.0. The van der Waals surface area contributed by atoms with Crippen molar-refractivity contribution in [1.82, 2.24) is 15.6 Å². The number of aromatic nitrogens is 2. The van der Waals surface area contributed by atoms with Crippen LogP contribution in [0.5, 0.6) is 17.2 Å². The van der Waals surface area contributed by atoms with Crippen molar-refractivity contribution in [3.05, 3.63) is 52.5 Å². The monoisotopic (exact) mass is 524 g/mol. The average molecular weight is 525 g/mol. The molecule has 1 heterocycles. The van der Waals surface area contributed by atoms with Crippen LogP contribution in [-0.2, 0) is 10.5 Å². The summed E-state index contributed by atoms with van der Waals surface area (Å²) >= 11 is 10.2. The number of nitrogens with one attached hydrogen (secondary N) is 1. The first kappa shape index (κ1) is 25.2. The molecule has 1 amide bonds. The van der Waals surface area contributed by atoms with E-state index in [-0.39, 0.29) is 11.7 Å². The number of rotatable bonds is 11. The van der Waals surface area contributed by atoms with Gasteiger partial charge in [-0.3, -0.25) is 4.79 Å². The highest BCUT2D eigenvalue weighted by molar-refractivity contribution is 8.03. The van der Waals surface area contributed by atoms with E-state index < -0.39 is 0 Å². The lowest BCUT2D eigenvalue weighted by Crippen LogP contribution is -2.19. The van der Waals surface area contributed by atoms with Crippen LogP contribution in [0.2, 0.25) is 5.02 Å². The second kappa shape index (κ2) is 12.7. The molecule has 0 aliphatic rings. The number of thioether (sulfide) groups is 2. The number of benzene rings is 2. The van der Waals surface area contributed by atoms with Crippen molar-refractivity contribution in [2.75, 3.05) is 27.1 Å². The molecule has 0 saturated heterocycles. The molecule has 8 nitrogen and oxygen atoms in total. The van der Waals surface area contributed by atoms with Crippen LogP contribution in [0.4, 0.5) is 0 Å². The van der Waals surface area contributed by atoms with Crippen molar-refractivity contribution in [3.63, 3.8) is 0 Å². The third kappa shape index (κ3) is 7.53. The minimum atomic E-state index is -0.270. The number of hydrazone groups is 1. The molecule has 0 fully saturated rings. The Labute approximate surface area is 209 Å². The predicted octanol–water partition coefficient (Wildman–Crippen LogP) is 4.75. The van der Waals surface area contributed by atoms with E-state index in [9.17, 15) is 4.79 Å². The molecule has 0 atom stereocenters. The first-order valence-corrected chi connectivity index (χ1v) is 12.6. The molecule has 33 heavy (non-hydrogen) atoms. The van der Waals surface area contributed by atoms with Crippen molar-refractivity contribution in [3.8, 4) is 17.2 Å². The number of nitrogens with zero attached hydrogens (tertiary/aromatic N) is 3. The average Bonchev–Trinajstić information content (AvgIpc) is 3.30. The third-order valence-corrected chi connectivity index (χ3v) is 7.64. The zero-order chi connectivity index (χ0) is 23.6. The van der Waals surface area contributed by atoms with E-state index in [0.29, 0.717) is 32.2 Å². The number of carbonyl (C=O) groups excluding carboxylic acids is 1. The molecular weight excluding hydrogens is 504 g/mol. The quantitative estimate of drug-likeness (QED) is 0.218. The van der Waals surface area contributed by atoms with Crippen molar-refractivity contribution in [2.45, 2.75) is 14.4 Å². The third-order valence-electron chi connectivity index (χ3n) is 4.13. The zero-order valence-corrected chi connectivity index (χ0v) is 21.2. The summed E-state index contributed by atoms with van der Waals surface area (Å²) < 4.78 is 17.5. The van der Waals surface area contributed by atoms with E-state index in [1.165, 1.54) is 43.5 Å². The van der Waals surface area contributed by atoms with E-state index in [1.807, 2.05) is 24.3 Å². The SMILES string of the molecule is COc1cc(OC)c(C=NNC(=O)CSc2nnc(SCc3ccc(Cl)cc3)s2)c(OC)c1. The van der Waals surface area contributed by atoms with Crippen LogP contribution in [0.15, 0.2) is 50.2 Å². The summed E-state index contributed by atoms with van der Waals surface area (Å²) in [6, 6.07) is 11.1. The maximum absolute atomic E-state index is 12.2. The number of carbonyl (C=O) groups is 1. The summed E-state index contributed by atoms with van der Waals surface area (Å²) in [7, 11) is 4.62. The second-order valence-corrected chi connectivity index (χ2v) is 10.1. The van der Waals surface area contributed by atoms with Gasteiger partial charge in [0.25, 0.3) is 5.91 Å². The minimum absolute atomic E-state index is 0.157. The van der Waals surface area contributed by atoms with Gasteiger partial charge in [-0.15, -0.1) is 10.2 Å². The first-order valence-electron chi connectivity index (χ1n) is 9.47. The Bertz CT molecular complexity index is 1080. The lowest BCUT2D eigenvalue weighted by atomic mass is 10.2. The molecule has 0 radical (unpaired) electrons. The van der Waals surface area contributed by atoms with Gasteiger partial charge in [0.1, 0.15) is 17.2 Å². The molecule has 12 heteroatoms. The van der Waals surface area contributed by atoms with Crippen molar-refractivity contribution < 1.29 is 19.0 Å². The van der Waals surface area contributed by atoms with E-state index in [4.69, 9.17) is 25.8 Å². The molecule has 3 aromatic rings. The molecule has 0 spiro atoms. The Balaban J connectivity index is 1.49. The van der Waals surface area contributed by atoms with Gasteiger partial charge in [-0.05, 0) is 17.7 Å². The minimum Gasteiger partial charge on any atom is -0.496 e. The summed E-state index contributed by atoms with van der Waals surface area (Å²) in [6.07, 6.45) is 1.47. The Morgan fingerprint density at radius 2 is 1.70 bits per heavy atom. The first-order chi connectivity index (χ1) is 16.0. The van der Waals surface area contributed by atoms with Gasteiger partial charge in [-0.25, -0.2) is 5.43 Å². The fourth-order valence-corrected chi connectivity index (χ4v) is 5.42. The van der Waals surface area contributed by atoms with Crippen LogP contribution in [0, 0.1) is 0 Å². The molecule has 0 bridgehead atoms. The van der Waals surface area contributed by atoms with E-state index in [0.717, 1.165) is 15.7 Å². The molecule has 3 rings (SSSR count). The molecular formula is C21H21ClN4O4S3. The molecule has 0 aliphatic carbocycles. The molecule has 1 N–H and O–H groups in total. The smallest absolute Gasteiger partial charge is 0.250 e. The highest BCUT2D eigenvalue weighted by Crippen LogP contribution is 2.33. The van der Waals surface area contributed by atoms with E-state index in [2.05, 4.69) is 20.7 Å². The van der Waals surface area contributed by atoms with Crippen LogP contribution in [0.3, 0.4) is 0 Å². The Morgan fingerprint density at radius 1 is 1.06 bits per heavy atom. The second-order valence-electron chi connectivity index (χ2n) is 6.28. The fraction of sp³-hybridized carbons (Fsp3) is 0.238. The van der Waals surface area contributed by atoms with E-state index >= 15 is 0 Å². The highest BCUT2D eigenvalue weighted by atomic mass is 35.5. The van der Waals surface area contributed by atoms with Crippen LogP contribution in [-0.4, -0.2) is 49.4 Å². The van der Waals surface area contributed by atoms with Gasteiger partial charge in [-0.1, -0.05) is 58.6 Å². The van der Waals surface area contributed by atoms with Crippen molar-refractivity contribution in [1.29, 1.82) is 0 Å².